The number of nitrogens with zero attached hydrogens (tertiary/aromatic N) is 4. The molecule has 0 atom stereocenters. The first-order valence-electron chi connectivity index (χ1n) is 8.34. The maximum Gasteiger partial charge on any atom is 0.156 e. The number of benzene rings is 1. The van der Waals surface area contributed by atoms with Gasteiger partial charge in [0.2, 0.25) is 0 Å². The topological polar surface area (TPSA) is 44.3 Å². The third kappa shape index (κ3) is 3.16. The van der Waals surface area contributed by atoms with Gasteiger partial charge in [0.1, 0.15) is 0 Å². The minimum Gasteiger partial charge on any atom is -0.366 e. The first-order valence-corrected chi connectivity index (χ1v) is 8.34. The molecule has 1 fully saturated rings. The highest BCUT2D eigenvalue weighted by Gasteiger charge is 2.35. The second-order valence-corrected chi connectivity index (χ2v) is 6.96. The zero-order valence-electron chi connectivity index (χ0n) is 14.6. The van der Waals surface area contributed by atoms with E-state index in [1.54, 1.807) is 0 Å². The molecule has 3 rings (SSSR count). The number of aryl methyl sites for hydroxylation is 1. The fourth-order valence-corrected chi connectivity index (χ4v) is 3.43. The fraction of sp³-hybridized carbons (Fsp3) is 0.556. The van der Waals surface area contributed by atoms with Crippen LogP contribution in [-0.2, 0) is 0 Å². The van der Waals surface area contributed by atoms with Crippen molar-refractivity contribution in [1.29, 1.82) is 0 Å². The zero-order chi connectivity index (χ0) is 16.4. The van der Waals surface area contributed by atoms with Gasteiger partial charge in [-0.2, -0.15) is 5.10 Å². The Morgan fingerprint density at radius 1 is 1.13 bits per heavy atom. The van der Waals surface area contributed by atoms with E-state index in [2.05, 4.69) is 70.7 Å². The molecule has 0 bridgehead atoms. The molecule has 2 heterocycles. The molecule has 2 aromatic rings. The van der Waals surface area contributed by atoms with Gasteiger partial charge in [-0.1, -0.05) is 24.3 Å². The summed E-state index contributed by atoms with van der Waals surface area (Å²) in [7, 11) is 6.57. The van der Waals surface area contributed by atoms with Crippen molar-refractivity contribution in [1.82, 2.24) is 20.0 Å². The van der Waals surface area contributed by atoms with Gasteiger partial charge in [0.25, 0.3) is 0 Å². The van der Waals surface area contributed by atoms with Crippen LogP contribution in [0.2, 0.25) is 0 Å². The predicted molar refractivity (Wildman–Crippen MR) is 95.9 cm³/mol. The van der Waals surface area contributed by atoms with Gasteiger partial charge >= 0.3 is 0 Å². The highest BCUT2D eigenvalue weighted by molar-refractivity contribution is 5.92. The van der Waals surface area contributed by atoms with Crippen LogP contribution in [0.25, 0.3) is 10.8 Å². The van der Waals surface area contributed by atoms with Crippen molar-refractivity contribution in [3.8, 4) is 0 Å². The number of fused-ring (bicyclic) bond motifs is 1. The van der Waals surface area contributed by atoms with Crippen LogP contribution in [-0.4, -0.2) is 66.3 Å². The lowest BCUT2D eigenvalue weighted by molar-refractivity contribution is 0.0773. The maximum atomic E-state index is 4.41. The highest BCUT2D eigenvalue weighted by Crippen LogP contribution is 2.28. The molecule has 0 radical (unpaired) electrons. The van der Waals surface area contributed by atoms with Crippen LogP contribution >= 0.6 is 0 Å². The van der Waals surface area contributed by atoms with Gasteiger partial charge in [-0.25, -0.2) is 0 Å². The molecule has 0 unspecified atom stereocenters. The van der Waals surface area contributed by atoms with E-state index >= 15 is 0 Å². The van der Waals surface area contributed by atoms with Crippen LogP contribution in [0.15, 0.2) is 24.3 Å². The van der Waals surface area contributed by atoms with Gasteiger partial charge in [-0.3, -0.25) is 0 Å². The zero-order valence-corrected chi connectivity index (χ0v) is 14.6. The van der Waals surface area contributed by atoms with Crippen molar-refractivity contribution < 1.29 is 0 Å². The molecular formula is C18H27N5. The number of rotatable bonds is 4. The van der Waals surface area contributed by atoms with E-state index in [0.29, 0.717) is 0 Å². The molecule has 0 saturated carbocycles. The number of likely N-dealkylation sites (tertiary alicyclic amines) is 1. The molecule has 1 N–H and O–H groups in total. The van der Waals surface area contributed by atoms with E-state index in [-0.39, 0.29) is 5.54 Å². The number of likely N-dealkylation sites (N-methyl/N-ethyl adjacent to an activating group) is 1. The largest absolute Gasteiger partial charge is 0.366 e. The second-order valence-electron chi connectivity index (χ2n) is 6.96. The van der Waals surface area contributed by atoms with E-state index in [1.165, 1.54) is 18.2 Å². The minimum absolute atomic E-state index is 0.181. The Labute approximate surface area is 138 Å². The molecular weight excluding hydrogens is 286 g/mol. The molecule has 0 aliphatic carbocycles. The average molecular weight is 313 g/mol. The van der Waals surface area contributed by atoms with E-state index in [1.807, 2.05) is 6.92 Å². The molecule has 1 aromatic carbocycles. The van der Waals surface area contributed by atoms with Crippen LogP contribution in [0.1, 0.15) is 18.5 Å². The first-order chi connectivity index (χ1) is 11.0. The Kier molecular flexibility index (Phi) is 4.50. The Bertz CT molecular complexity index is 674. The lowest BCUT2D eigenvalue weighted by Crippen LogP contribution is -2.55. The van der Waals surface area contributed by atoms with Crippen LogP contribution in [0.5, 0.6) is 0 Å². The summed E-state index contributed by atoms with van der Waals surface area (Å²) in [6.45, 7) is 5.19. The number of piperidine rings is 1. The molecule has 124 valence electrons. The quantitative estimate of drug-likeness (QED) is 0.939. The SMILES string of the molecule is Cc1nnc(NCC2(N(C)C)CCN(C)CC2)c2ccccc12. The smallest absolute Gasteiger partial charge is 0.156 e. The Morgan fingerprint density at radius 3 is 2.43 bits per heavy atom. The van der Waals surface area contributed by atoms with Crippen LogP contribution in [0, 0.1) is 6.92 Å². The summed E-state index contributed by atoms with van der Waals surface area (Å²) in [5.74, 6) is 0.895. The van der Waals surface area contributed by atoms with Crippen molar-refractivity contribution in [3.05, 3.63) is 30.0 Å². The van der Waals surface area contributed by atoms with E-state index < -0.39 is 0 Å². The van der Waals surface area contributed by atoms with Crippen molar-refractivity contribution in [2.45, 2.75) is 25.3 Å². The molecule has 5 nitrogen and oxygen atoms in total. The van der Waals surface area contributed by atoms with E-state index in [9.17, 15) is 0 Å². The summed E-state index contributed by atoms with van der Waals surface area (Å²) >= 11 is 0. The predicted octanol–water partition coefficient (Wildman–Crippen LogP) is 2.38. The monoisotopic (exact) mass is 313 g/mol. The van der Waals surface area contributed by atoms with Gasteiger partial charge in [-0.15, -0.1) is 5.10 Å². The van der Waals surface area contributed by atoms with E-state index in [0.717, 1.165) is 36.5 Å². The summed E-state index contributed by atoms with van der Waals surface area (Å²) in [5, 5.41) is 14.6. The molecule has 0 spiro atoms. The van der Waals surface area contributed by atoms with Crippen molar-refractivity contribution >= 4 is 16.6 Å². The van der Waals surface area contributed by atoms with Crippen molar-refractivity contribution in [2.75, 3.05) is 46.1 Å². The standard InChI is InChI=1S/C18H27N5/c1-14-15-7-5-6-8-16(15)17(21-20-14)19-13-18(22(2)3)9-11-23(4)12-10-18/h5-8H,9-13H2,1-4H3,(H,19,21). The first kappa shape index (κ1) is 16.1. The number of hydrogen-bond acceptors (Lipinski definition) is 5. The Morgan fingerprint density at radius 2 is 1.78 bits per heavy atom. The number of anilines is 1. The van der Waals surface area contributed by atoms with E-state index in [4.69, 9.17) is 0 Å². The second kappa shape index (κ2) is 6.42. The lowest BCUT2D eigenvalue weighted by Gasteiger charge is -2.45. The third-order valence-corrected chi connectivity index (χ3v) is 5.32. The third-order valence-electron chi connectivity index (χ3n) is 5.32. The molecule has 5 heteroatoms. The number of aromatic nitrogens is 2. The molecule has 0 amide bonds. The van der Waals surface area contributed by atoms with Crippen LogP contribution in [0.4, 0.5) is 5.82 Å². The normalized spacial score (nSPS) is 18.5. The number of nitrogens with one attached hydrogen (secondary N) is 1. The Hall–Kier alpha value is -1.72. The number of hydrogen-bond donors (Lipinski definition) is 1. The van der Waals surface area contributed by atoms with Crippen molar-refractivity contribution in [2.24, 2.45) is 0 Å². The van der Waals surface area contributed by atoms with Crippen molar-refractivity contribution in [3.63, 3.8) is 0 Å². The lowest BCUT2D eigenvalue weighted by atomic mass is 9.86. The highest BCUT2D eigenvalue weighted by atomic mass is 15.2. The van der Waals surface area contributed by atoms with Gasteiger partial charge in [0, 0.05) is 22.9 Å². The molecule has 1 saturated heterocycles. The summed E-state index contributed by atoms with van der Waals surface area (Å²) in [6.07, 6.45) is 2.33. The van der Waals surface area contributed by atoms with Crippen LogP contribution < -0.4 is 5.32 Å². The minimum atomic E-state index is 0.181. The van der Waals surface area contributed by atoms with Gasteiger partial charge < -0.3 is 15.1 Å². The van der Waals surface area contributed by atoms with Gasteiger partial charge in [0.15, 0.2) is 5.82 Å². The molecule has 1 aromatic heterocycles. The van der Waals surface area contributed by atoms with Crippen LogP contribution in [0.3, 0.4) is 0 Å². The molecule has 1 aliphatic rings. The average Bonchev–Trinajstić information content (AvgIpc) is 2.56. The summed E-state index contributed by atoms with van der Waals surface area (Å²) < 4.78 is 0. The fourth-order valence-electron chi connectivity index (χ4n) is 3.43. The van der Waals surface area contributed by atoms with Gasteiger partial charge in [-0.05, 0) is 54.0 Å². The van der Waals surface area contributed by atoms with Gasteiger partial charge in [0.05, 0.1) is 5.69 Å². The molecule has 1 aliphatic heterocycles. The summed E-state index contributed by atoms with van der Waals surface area (Å²) in [5.41, 5.74) is 1.16. The summed E-state index contributed by atoms with van der Waals surface area (Å²) in [6, 6.07) is 8.35. The summed E-state index contributed by atoms with van der Waals surface area (Å²) in [4.78, 5) is 4.78. The maximum absolute atomic E-state index is 4.41. The molecule has 23 heavy (non-hydrogen) atoms. The Balaban J connectivity index is 1.83.